The van der Waals surface area contributed by atoms with Gasteiger partial charge < -0.3 is 14.5 Å². The molecule has 0 atom stereocenters. The molecule has 172 valence electrons. The molecule has 0 spiro atoms. The fourth-order valence-corrected chi connectivity index (χ4v) is 4.70. The van der Waals surface area contributed by atoms with Crippen molar-refractivity contribution in [1.29, 1.82) is 0 Å². The molecule has 5 rings (SSSR count). The van der Waals surface area contributed by atoms with E-state index in [0.29, 0.717) is 11.5 Å². The standard InChI is InChI=1S/C24H23F3N4O2/c1-32-19-11-17-18(12-20(19)33-2)30-22-21(17)28-13-29-23(22)31-8-6-14(7-9-31)15-4-3-5-16(10-15)24(25,26)27/h3-5,10-14,30H,6-9H2,1-2H3/p+1. The second kappa shape index (κ2) is 8.13. The highest BCUT2D eigenvalue weighted by Gasteiger charge is 2.32. The van der Waals surface area contributed by atoms with Crippen LogP contribution in [0.1, 0.15) is 29.9 Å². The largest absolute Gasteiger partial charge is 0.493 e. The van der Waals surface area contributed by atoms with Gasteiger partial charge >= 0.3 is 6.18 Å². The van der Waals surface area contributed by atoms with Crippen LogP contribution in [0.15, 0.2) is 42.7 Å². The van der Waals surface area contributed by atoms with E-state index in [0.717, 1.165) is 65.3 Å². The highest BCUT2D eigenvalue weighted by atomic mass is 19.4. The van der Waals surface area contributed by atoms with Crippen molar-refractivity contribution in [2.75, 3.05) is 32.2 Å². The molecular formula is C24H24F3N4O2+. The molecule has 1 fully saturated rings. The molecule has 0 bridgehead atoms. The van der Waals surface area contributed by atoms with Crippen molar-refractivity contribution in [2.45, 2.75) is 24.9 Å². The van der Waals surface area contributed by atoms with E-state index < -0.39 is 11.7 Å². The first-order chi connectivity index (χ1) is 15.9. The second-order valence-corrected chi connectivity index (χ2v) is 8.24. The molecule has 33 heavy (non-hydrogen) atoms. The van der Waals surface area contributed by atoms with Gasteiger partial charge in [0.05, 0.1) is 38.4 Å². The molecule has 3 heterocycles. The van der Waals surface area contributed by atoms with E-state index in [9.17, 15) is 13.2 Å². The minimum absolute atomic E-state index is 0.0946. The van der Waals surface area contributed by atoms with Crippen LogP contribution in [0.2, 0.25) is 0 Å². The highest BCUT2D eigenvalue weighted by Crippen LogP contribution is 2.38. The molecular weight excluding hydrogens is 433 g/mol. The summed E-state index contributed by atoms with van der Waals surface area (Å²) in [6.07, 6.45) is -1.13. The first-order valence-electron chi connectivity index (χ1n) is 10.7. The number of nitrogens with one attached hydrogen (secondary N) is 2. The van der Waals surface area contributed by atoms with Crippen molar-refractivity contribution < 1.29 is 27.6 Å². The summed E-state index contributed by atoms with van der Waals surface area (Å²) >= 11 is 0. The molecule has 2 aromatic heterocycles. The van der Waals surface area contributed by atoms with Gasteiger partial charge in [0, 0.05) is 11.5 Å². The van der Waals surface area contributed by atoms with Gasteiger partial charge in [-0.3, -0.25) is 4.90 Å². The lowest BCUT2D eigenvalue weighted by atomic mass is 9.88. The Bertz CT molecular complexity index is 1310. The highest BCUT2D eigenvalue weighted by molar-refractivity contribution is 6.08. The van der Waals surface area contributed by atoms with Crippen LogP contribution < -0.4 is 19.4 Å². The van der Waals surface area contributed by atoms with Crippen LogP contribution in [0.25, 0.3) is 21.9 Å². The summed E-state index contributed by atoms with van der Waals surface area (Å²) in [4.78, 5) is 13.5. The van der Waals surface area contributed by atoms with E-state index in [1.807, 2.05) is 12.1 Å². The number of nitrogens with zero attached hydrogens (tertiary/aromatic N) is 2. The molecule has 1 aliphatic heterocycles. The third kappa shape index (κ3) is 3.81. The Labute approximate surface area is 188 Å². The number of hydrogen-bond acceptors (Lipinski definition) is 4. The zero-order chi connectivity index (χ0) is 23.2. The maximum absolute atomic E-state index is 13.1. The first kappa shape index (κ1) is 21.4. The summed E-state index contributed by atoms with van der Waals surface area (Å²) in [5.41, 5.74) is 2.74. The molecule has 4 aromatic rings. The lowest BCUT2D eigenvalue weighted by molar-refractivity contribution is -0.367. The normalized spacial score (nSPS) is 15.4. The summed E-state index contributed by atoms with van der Waals surface area (Å²) in [6.45, 7) is 1.44. The topological polar surface area (TPSA) is 64.5 Å². The molecule has 0 saturated carbocycles. The average molecular weight is 457 g/mol. The summed E-state index contributed by atoms with van der Waals surface area (Å²) < 4.78 is 50.2. The Kier molecular flexibility index (Phi) is 5.26. The van der Waals surface area contributed by atoms with Crippen LogP contribution in [-0.2, 0) is 6.18 Å². The molecule has 9 heteroatoms. The summed E-state index contributed by atoms with van der Waals surface area (Å²) in [5, 5.41) is 0.928. The Morgan fingerprint density at radius 2 is 1.79 bits per heavy atom. The van der Waals surface area contributed by atoms with Crippen molar-refractivity contribution in [3.8, 4) is 11.5 Å². The number of H-pyrrole nitrogens is 2. The van der Waals surface area contributed by atoms with Gasteiger partial charge in [0.15, 0.2) is 22.5 Å². The summed E-state index contributed by atoms with van der Waals surface area (Å²) in [6, 6.07) is 9.50. The Morgan fingerprint density at radius 3 is 2.48 bits per heavy atom. The Morgan fingerprint density at radius 1 is 1.06 bits per heavy atom. The number of halogens is 3. The van der Waals surface area contributed by atoms with Gasteiger partial charge in [-0.15, -0.1) is 4.98 Å². The van der Waals surface area contributed by atoms with Crippen LogP contribution in [0.4, 0.5) is 19.0 Å². The summed E-state index contributed by atoms with van der Waals surface area (Å²) in [5.74, 6) is 2.27. The van der Waals surface area contributed by atoms with Gasteiger partial charge in [-0.1, -0.05) is 18.2 Å². The molecule has 0 unspecified atom stereocenters. The van der Waals surface area contributed by atoms with Crippen molar-refractivity contribution >= 4 is 27.8 Å². The molecule has 0 amide bonds. The molecule has 0 radical (unpaired) electrons. The van der Waals surface area contributed by atoms with Gasteiger partial charge in [0.25, 0.3) is 0 Å². The number of benzene rings is 2. The Balaban J connectivity index is 1.43. The lowest BCUT2D eigenvalue weighted by Crippen LogP contribution is -2.36. The predicted octanol–water partition coefficient (Wildman–Crippen LogP) is 4.95. The van der Waals surface area contributed by atoms with E-state index in [2.05, 4.69) is 19.9 Å². The molecule has 2 aromatic carbocycles. The first-order valence-corrected chi connectivity index (χ1v) is 10.7. The van der Waals surface area contributed by atoms with Crippen LogP contribution in [0.5, 0.6) is 11.5 Å². The van der Waals surface area contributed by atoms with E-state index in [4.69, 9.17) is 9.47 Å². The minimum Gasteiger partial charge on any atom is -0.493 e. The maximum atomic E-state index is 13.1. The molecule has 6 nitrogen and oxygen atoms in total. The van der Waals surface area contributed by atoms with E-state index in [-0.39, 0.29) is 5.92 Å². The van der Waals surface area contributed by atoms with Crippen molar-refractivity contribution in [3.05, 3.63) is 53.9 Å². The van der Waals surface area contributed by atoms with Gasteiger partial charge in [-0.25, -0.2) is 4.98 Å². The number of anilines is 1. The Hall–Kier alpha value is -3.49. The molecule has 2 N–H and O–H groups in total. The van der Waals surface area contributed by atoms with Crippen LogP contribution in [0.3, 0.4) is 0 Å². The quantitative estimate of drug-likeness (QED) is 0.471. The zero-order valence-corrected chi connectivity index (χ0v) is 18.3. The lowest BCUT2D eigenvalue weighted by Gasteiger charge is -2.29. The molecule has 1 aliphatic rings. The molecule has 1 saturated heterocycles. The van der Waals surface area contributed by atoms with Gasteiger partial charge in [0.2, 0.25) is 12.1 Å². The maximum Gasteiger partial charge on any atom is 0.416 e. The smallest absolute Gasteiger partial charge is 0.416 e. The van der Waals surface area contributed by atoms with Crippen LogP contribution in [-0.4, -0.2) is 37.3 Å². The number of alkyl halides is 3. The number of fused-ring (bicyclic) bond motifs is 3. The van der Waals surface area contributed by atoms with E-state index in [1.54, 1.807) is 26.6 Å². The number of ether oxygens (including phenoxy) is 2. The number of piperidine rings is 1. The van der Waals surface area contributed by atoms with Crippen LogP contribution in [0, 0.1) is 0 Å². The fourth-order valence-electron chi connectivity index (χ4n) is 4.70. The van der Waals surface area contributed by atoms with Crippen molar-refractivity contribution in [3.63, 3.8) is 0 Å². The van der Waals surface area contributed by atoms with E-state index in [1.165, 1.54) is 12.1 Å². The SMILES string of the molecule is COc1cc2[nH]c3c(N4CCC(c5cccc(C(F)(F)F)c5)CC4)[nH+]cnc3c2cc1OC. The number of hydrogen-bond donors (Lipinski definition) is 1. The second-order valence-electron chi connectivity index (χ2n) is 8.24. The van der Waals surface area contributed by atoms with Crippen molar-refractivity contribution in [2.24, 2.45) is 0 Å². The number of methoxy groups -OCH3 is 2. The number of rotatable bonds is 4. The van der Waals surface area contributed by atoms with E-state index >= 15 is 0 Å². The third-order valence-corrected chi connectivity index (χ3v) is 6.40. The number of aromatic amines is 2. The summed E-state index contributed by atoms with van der Waals surface area (Å²) in [7, 11) is 3.19. The molecule has 0 aliphatic carbocycles. The monoisotopic (exact) mass is 457 g/mol. The predicted molar refractivity (Wildman–Crippen MR) is 119 cm³/mol. The van der Waals surface area contributed by atoms with Crippen molar-refractivity contribution in [1.82, 2.24) is 9.97 Å². The fraction of sp³-hybridized carbons (Fsp3) is 0.333. The van der Waals surface area contributed by atoms with Crippen LogP contribution >= 0.6 is 0 Å². The third-order valence-electron chi connectivity index (χ3n) is 6.40. The van der Waals surface area contributed by atoms with Gasteiger partial charge in [0.1, 0.15) is 0 Å². The van der Waals surface area contributed by atoms with Gasteiger partial charge in [-0.05, 0) is 36.5 Å². The minimum atomic E-state index is -4.32. The zero-order valence-electron chi connectivity index (χ0n) is 18.3. The average Bonchev–Trinajstić information content (AvgIpc) is 3.20. The van der Waals surface area contributed by atoms with Gasteiger partial charge in [-0.2, -0.15) is 13.2 Å². The number of aromatic nitrogens is 3.